The minimum atomic E-state index is -1.46. The molecule has 0 saturated carbocycles. The number of fused-ring (bicyclic) bond motifs is 1. The highest BCUT2D eigenvalue weighted by molar-refractivity contribution is 7.99. The van der Waals surface area contributed by atoms with E-state index in [1.807, 2.05) is 24.3 Å². The number of carboxylic acid groups (broad SMARTS) is 1. The number of aromatic amines is 1. The van der Waals surface area contributed by atoms with Gasteiger partial charge in [-0.1, -0.05) is 35.5 Å². The van der Waals surface area contributed by atoms with Crippen molar-refractivity contribution in [3.8, 4) is 11.7 Å². The van der Waals surface area contributed by atoms with Crippen LogP contribution in [0.3, 0.4) is 0 Å². The van der Waals surface area contributed by atoms with E-state index in [0.29, 0.717) is 15.9 Å². The molecule has 4 aromatic rings. The van der Waals surface area contributed by atoms with E-state index in [2.05, 4.69) is 19.8 Å². The molecule has 28 heavy (non-hydrogen) atoms. The molecule has 0 radical (unpaired) electrons. The first-order valence-electron chi connectivity index (χ1n) is 7.92. The molecule has 0 aliphatic rings. The van der Waals surface area contributed by atoms with Crippen LogP contribution in [0.25, 0.3) is 16.9 Å². The van der Waals surface area contributed by atoms with Gasteiger partial charge in [0.05, 0.1) is 28.3 Å². The van der Waals surface area contributed by atoms with E-state index >= 15 is 0 Å². The fourth-order valence-corrected chi connectivity index (χ4v) is 3.63. The molecule has 0 bridgehead atoms. The monoisotopic (exact) mass is 414 g/mol. The number of nitrogens with one attached hydrogen (secondary N) is 1. The van der Waals surface area contributed by atoms with Gasteiger partial charge in [0.1, 0.15) is 0 Å². The molecular weight excluding hydrogens is 404 g/mol. The molecule has 2 aromatic heterocycles. The van der Waals surface area contributed by atoms with Gasteiger partial charge in [0, 0.05) is 9.79 Å². The van der Waals surface area contributed by atoms with Gasteiger partial charge in [-0.05, 0) is 30.3 Å². The van der Waals surface area contributed by atoms with Crippen molar-refractivity contribution < 1.29 is 14.6 Å². The van der Waals surface area contributed by atoms with Gasteiger partial charge in [0.25, 0.3) is 5.56 Å². The summed E-state index contributed by atoms with van der Waals surface area (Å²) in [5.74, 6) is 0.149. The first-order valence-corrected chi connectivity index (χ1v) is 9.11. The van der Waals surface area contributed by atoms with Gasteiger partial charge in [0.2, 0.25) is 5.95 Å². The third kappa shape index (κ3) is 3.71. The van der Waals surface area contributed by atoms with E-state index in [9.17, 15) is 9.59 Å². The third-order valence-electron chi connectivity index (χ3n) is 3.71. The predicted octanol–water partition coefficient (Wildman–Crippen LogP) is 3.97. The number of nitrogens with zero attached hydrogens (tertiary/aromatic N) is 3. The Morgan fingerprint density at radius 1 is 1.25 bits per heavy atom. The van der Waals surface area contributed by atoms with Gasteiger partial charge in [-0.25, -0.2) is 14.5 Å². The largest absolute Gasteiger partial charge is 0.511 e. The Labute approximate surface area is 166 Å². The summed E-state index contributed by atoms with van der Waals surface area (Å²) in [5, 5.41) is 13.7. The molecule has 0 spiro atoms. The predicted molar refractivity (Wildman–Crippen MR) is 104 cm³/mol. The summed E-state index contributed by atoms with van der Waals surface area (Å²) >= 11 is 7.66. The summed E-state index contributed by atoms with van der Waals surface area (Å²) < 4.78 is 5.76. The van der Waals surface area contributed by atoms with Crippen LogP contribution in [0, 0.1) is 0 Å². The number of hydrogen-bond donors (Lipinski definition) is 2. The third-order valence-corrected chi connectivity index (χ3v) is 5.22. The summed E-state index contributed by atoms with van der Waals surface area (Å²) in [6.45, 7) is 0. The quantitative estimate of drug-likeness (QED) is 0.486. The highest BCUT2D eigenvalue weighted by Gasteiger charge is 2.11. The smallest absolute Gasteiger partial charge is 0.449 e. The summed E-state index contributed by atoms with van der Waals surface area (Å²) in [7, 11) is 0. The zero-order valence-corrected chi connectivity index (χ0v) is 15.6. The topological polar surface area (TPSA) is 110 Å². The highest BCUT2D eigenvalue weighted by atomic mass is 35.5. The Morgan fingerprint density at radius 2 is 2.07 bits per heavy atom. The van der Waals surface area contributed by atoms with Crippen LogP contribution in [-0.4, -0.2) is 31.0 Å². The zero-order valence-electron chi connectivity index (χ0n) is 14.0. The van der Waals surface area contributed by atoms with Crippen molar-refractivity contribution in [3.63, 3.8) is 0 Å². The van der Waals surface area contributed by atoms with Gasteiger partial charge < -0.3 is 9.84 Å². The lowest BCUT2D eigenvalue weighted by atomic mass is 10.2. The molecule has 4 rings (SSSR count). The van der Waals surface area contributed by atoms with Crippen molar-refractivity contribution in [1.29, 1.82) is 0 Å². The molecule has 140 valence electrons. The van der Waals surface area contributed by atoms with Crippen LogP contribution in [0.5, 0.6) is 5.75 Å². The number of benzene rings is 2. The molecule has 0 fully saturated rings. The lowest BCUT2D eigenvalue weighted by Crippen LogP contribution is -2.13. The van der Waals surface area contributed by atoms with Crippen molar-refractivity contribution in [2.45, 2.75) is 9.79 Å². The van der Waals surface area contributed by atoms with E-state index in [4.69, 9.17) is 16.7 Å². The Balaban J connectivity index is 1.72. The van der Waals surface area contributed by atoms with Crippen LogP contribution >= 0.6 is 23.4 Å². The molecule has 2 N–H and O–H groups in total. The van der Waals surface area contributed by atoms with Crippen LogP contribution in [-0.2, 0) is 0 Å². The van der Waals surface area contributed by atoms with E-state index in [1.165, 1.54) is 28.8 Å². The van der Waals surface area contributed by atoms with Gasteiger partial charge in [-0.3, -0.25) is 9.78 Å². The number of halogens is 1. The Kier molecular flexibility index (Phi) is 4.76. The molecule has 2 heterocycles. The molecule has 10 heteroatoms. The fraction of sp³-hybridized carbons (Fsp3) is 0. The second-order valence-electron chi connectivity index (χ2n) is 5.59. The maximum Gasteiger partial charge on any atom is 0.511 e. The summed E-state index contributed by atoms with van der Waals surface area (Å²) in [6.07, 6.45) is 1.06. The zero-order chi connectivity index (χ0) is 19.7. The Hall–Kier alpha value is -3.30. The van der Waals surface area contributed by atoms with Crippen LogP contribution in [0.2, 0.25) is 5.02 Å². The second-order valence-corrected chi connectivity index (χ2v) is 7.11. The van der Waals surface area contributed by atoms with Crippen LogP contribution in [0.1, 0.15) is 0 Å². The Morgan fingerprint density at radius 3 is 2.86 bits per heavy atom. The minimum Gasteiger partial charge on any atom is -0.449 e. The van der Waals surface area contributed by atoms with Crippen LogP contribution in [0.4, 0.5) is 4.79 Å². The fourth-order valence-electron chi connectivity index (χ4n) is 2.51. The number of rotatable bonds is 4. The SMILES string of the molecule is O=C(O)Oc1cnn(-c2nc3cc(Sc4ccccc4Cl)ccc3c(=O)[nH]2)c1. The van der Waals surface area contributed by atoms with E-state index < -0.39 is 6.16 Å². The molecule has 0 amide bonds. The highest BCUT2D eigenvalue weighted by Crippen LogP contribution is 2.33. The maximum atomic E-state index is 12.4. The van der Waals surface area contributed by atoms with Crippen molar-refractivity contribution in [2.24, 2.45) is 0 Å². The van der Waals surface area contributed by atoms with Gasteiger partial charge in [-0.2, -0.15) is 5.10 Å². The van der Waals surface area contributed by atoms with Crippen molar-refractivity contribution in [2.75, 3.05) is 0 Å². The van der Waals surface area contributed by atoms with Crippen molar-refractivity contribution in [3.05, 3.63) is 70.2 Å². The molecule has 0 aliphatic heterocycles. The van der Waals surface area contributed by atoms with Gasteiger partial charge >= 0.3 is 6.16 Å². The molecule has 0 atom stereocenters. The number of carbonyl (C=O) groups is 1. The number of aromatic nitrogens is 4. The number of H-pyrrole nitrogens is 1. The molecule has 0 unspecified atom stereocenters. The van der Waals surface area contributed by atoms with Gasteiger partial charge in [-0.15, -0.1) is 0 Å². The normalized spacial score (nSPS) is 10.9. The molecule has 0 aliphatic carbocycles. The molecule has 0 saturated heterocycles. The molecular formula is C18H11ClN4O4S. The van der Waals surface area contributed by atoms with Gasteiger partial charge in [0.15, 0.2) is 5.75 Å². The van der Waals surface area contributed by atoms with Crippen LogP contribution in [0.15, 0.2) is 69.4 Å². The number of hydrogen-bond acceptors (Lipinski definition) is 6. The van der Waals surface area contributed by atoms with E-state index in [-0.39, 0.29) is 17.3 Å². The minimum absolute atomic E-state index is 0.0123. The first kappa shape index (κ1) is 18.1. The summed E-state index contributed by atoms with van der Waals surface area (Å²) in [5.41, 5.74) is 0.123. The van der Waals surface area contributed by atoms with Crippen molar-refractivity contribution in [1.82, 2.24) is 19.7 Å². The number of ether oxygens (including phenoxy) is 1. The van der Waals surface area contributed by atoms with E-state index in [0.717, 1.165) is 9.79 Å². The first-order chi connectivity index (χ1) is 13.5. The molecule has 2 aromatic carbocycles. The lowest BCUT2D eigenvalue weighted by Gasteiger charge is -2.06. The second kappa shape index (κ2) is 7.37. The van der Waals surface area contributed by atoms with Crippen LogP contribution < -0.4 is 10.3 Å². The molecule has 8 nitrogen and oxygen atoms in total. The Bertz CT molecular complexity index is 1250. The summed E-state index contributed by atoms with van der Waals surface area (Å²) in [6, 6.07) is 12.7. The lowest BCUT2D eigenvalue weighted by molar-refractivity contribution is 0.144. The van der Waals surface area contributed by atoms with Crippen molar-refractivity contribution >= 4 is 40.4 Å². The average Bonchev–Trinajstić information content (AvgIpc) is 3.11. The van der Waals surface area contributed by atoms with E-state index in [1.54, 1.807) is 18.2 Å². The standard InChI is InChI=1S/C18H11ClN4O4S/c19-13-3-1-2-4-15(13)28-11-5-6-12-14(7-11)21-17(22-16(12)24)23-9-10(8-20-23)27-18(25)26/h1-9H,(H,25,26)(H,21,22,24). The summed E-state index contributed by atoms with van der Waals surface area (Å²) in [4.78, 5) is 31.8. The average molecular weight is 415 g/mol. The maximum absolute atomic E-state index is 12.4.